The van der Waals surface area contributed by atoms with E-state index in [1.807, 2.05) is 0 Å². The number of hydrogen-bond acceptors (Lipinski definition) is 11. The van der Waals surface area contributed by atoms with Crippen molar-refractivity contribution in [1.82, 2.24) is 4.90 Å². The van der Waals surface area contributed by atoms with Gasteiger partial charge >= 0.3 is 11.9 Å². The van der Waals surface area contributed by atoms with Crippen LogP contribution in [0, 0.1) is 0 Å². The Labute approximate surface area is 222 Å². The molecule has 1 N–H and O–H groups in total. The van der Waals surface area contributed by atoms with Crippen LogP contribution in [0.5, 0.6) is 0 Å². The third kappa shape index (κ3) is 53.7. The molecule has 0 aliphatic carbocycles. The zero-order valence-corrected chi connectivity index (χ0v) is 24.5. The highest BCUT2D eigenvalue weighted by Gasteiger charge is 2.01. The van der Waals surface area contributed by atoms with Crippen LogP contribution in [-0.2, 0) is 42.4 Å². The largest absolute Gasteiger partial charge is 0.463 e. The second-order valence-electron chi connectivity index (χ2n) is 6.71. The fourth-order valence-corrected chi connectivity index (χ4v) is 2.18. The van der Waals surface area contributed by atoms with E-state index in [-0.39, 0.29) is 19.8 Å². The normalized spacial score (nSPS) is 10.3. The Morgan fingerprint density at radius 3 is 1.39 bits per heavy atom. The summed E-state index contributed by atoms with van der Waals surface area (Å²) < 4.78 is 53.6. The molecule has 0 aromatic carbocycles. The van der Waals surface area contributed by atoms with E-state index in [1.165, 1.54) is 19.6 Å². The number of aliphatic hydroxyl groups is 1. The number of ether oxygens (including phenoxy) is 2. The average Bonchev–Trinajstić information content (AvgIpc) is 2.79. The van der Waals surface area contributed by atoms with Crippen LogP contribution in [0.4, 0.5) is 0 Å². The third-order valence-electron chi connectivity index (χ3n) is 3.55. The van der Waals surface area contributed by atoms with Crippen LogP contribution in [0.1, 0.15) is 46.5 Å². The van der Waals surface area contributed by atoms with E-state index in [0.29, 0.717) is 32.3 Å². The van der Waals surface area contributed by atoms with Crippen LogP contribution < -0.4 is 0 Å². The highest BCUT2D eigenvalue weighted by atomic mass is 35.7. The zero-order valence-electron chi connectivity index (χ0n) is 22.1. The lowest BCUT2D eigenvalue weighted by atomic mass is 10.3. The molecule has 0 bridgehead atoms. The Morgan fingerprint density at radius 2 is 1.14 bits per heavy atom. The first-order valence-electron chi connectivity index (χ1n) is 11.3. The number of carbonyl (C=O) groups excluding carboxylic acids is 2. The highest BCUT2D eigenvalue weighted by Crippen LogP contribution is 1.95. The predicted molar refractivity (Wildman–Crippen MR) is 143 cm³/mol. The smallest absolute Gasteiger partial charge is 0.330 e. The number of halogens is 1. The number of hydrogen-bond donors (Lipinski definition) is 1. The van der Waals surface area contributed by atoms with Crippen LogP contribution in [0.2, 0.25) is 0 Å². The van der Waals surface area contributed by atoms with Gasteiger partial charge in [-0.15, -0.1) is 0 Å². The summed E-state index contributed by atoms with van der Waals surface area (Å²) in [5.74, 6) is -0.882. The molecule has 0 atom stereocenters. The van der Waals surface area contributed by atoms with Crippen molar-refractivity contribution in [2.45, 2.75) is 46.5 Å². The van der Waals surface area contributed by atoms with Gasteiger partial charge in [0, 0.05) is 29.4 Å². The molecule has 0 radical (unpaired) electrons. The van der Waals surface area contributed by atoms with Crippen molar-refractivity contribution in [1.29, 1.82) is 0 Å². The molecule has 0 amide bonds. The molecule has 0 fully saturated rings. The van der Waals surface area contributed by atoms with Gasteiger partial charge in [-0.3, -0.25) is 4.18 Å². The van der Waals surface area contributed by atoms with Crippen molar-refractivity contribution >= 4 is 41.8 Å². The van der Waals surface area contributed by atoms with E-state index in [1.54, 1.807) is 0 Å². The molecule has 0 rings (SSSR count). The maximum absolute atomic E-state index is 10.5. The van der Waals surface area contributed by atoms with Gasteiger partial charge in [-0.05, 0) is 45.3 Å². The summed E-state index contributed by atoms with van der Waals surface area (Å²) >= 11 is 0. The summed E-state index contributed by atoms with van der Waals surface area (Å²) in [6, 6.07) is 0. The summed E-state index contributed by atoms with van der Waals surface area (Å²) in [7, 11) is -2.05. The number of esters is 2. The summed E-state index contributed by atoms with van der Waals surface area (Å²) in [4.78, 5) is 23.3. The van der Waals surface area contributed by atoms with Crippen molar-refractivity contribution in [2.24, 2.45) is 0 Å². The number of unbranched alkanes of at least 4 members (excludes halogenated alkanes) is 2. The molecule has 11 nitrogen and oxygen atoms in total. The van der Waals surface area contributed by atoms with Crippen LogP contribution in [-0.4, -0.2) is 97.4 Å². The summed E-state index contributed by atoms with van der Waals surface area (Å²) in [6.07, 6.45) is 6.58. The molecule has 0 unspecified atom stereocenters. The Kier molecular flexibility index (Phi) is 32.4. The zero-order chi connectivity index (χ0) is 29.0. The van der Waals surface area contributed by atoms with Crippen molar-refractivity contribution in [3.8, 4) is 0 Å². The standard InChI is InChI=1S/C8H14O5S.C7H12O3.C6H15N.CH3ClO2S/c1-3-8(9)12-6-4-5-7-13-14(2,10)11;1-2-7(9)10-6-4-3-5-8;1-4-7(5-2)6-3;1-5(2,3)4/h3H,1,4-7H2,2H3;2,8H,1,3-6H2;4-6H2,1-3H3;1H3. The minimum absolute atomic E-state index is 0.116. The van der Waals surface area contributed by atoms with E-state index < -0.39 is 31.1 Å². The SMILES string of the molecule is C=CC(=O)OCCCCO.C=CC(=O)OCCCCOS(C)(=O)=O.CCN(CC)CC.CS(=O)(=O)Cl. The average molecular weight is 582 g/mol. The van der Waals surface area contributed by atoms with Crippen LogP contribution in [0.25, 0.3) is 0 Å². The molecular formula is C22H44ClNO10S2. The molecule has 0 aromatic heterocycles. The Hall–Kier alpha value is -1.51. The van der Waals surface area contributed by atoms with Crippen LogP contribution in [0.15, 0.2) is 25.3 Å². The van der Waals surface area contributed by atoms with Gasteiger partial charge in [-0.2, -0.15) is 8.42 Å². The molecule has 0 saturated carbocycles. The molecule has 216 valence electrons. The first kappa shape index (κ1) is 41.6. The molecule has 36 heavy (non-hydrogen) atoms. The second-order valence-corrected chi connectivity index (χ2v) is 11.4. The molecule has 0 saturated heterocycles. The minimum Gasteiger partial charge on any atom is -0.463 e. The van der Waals surface area contributed by atoms with E-state index in [2.05, 4.69) is 63.2 Å². The topological polar surface area (TPSA) is 154 Å². The lowest BCUT2D eigenvalue weighted by molar-refractivity contribution is -0.138. The molecule has 0 aliphatic heterocycles. The van der Waals surface area contributed by atoms with Crippen molar-refractivity contribution in [3.63, 3.8) is 0 Å². The fraction of sp³-hybridized carbons (Fsp3) is 0.727. The maximum atomic E-state index is 10.5. The molecule has 0 aliphatic rings. The molecule has 0 aromatic rings. The maximum Gasteiger partial charge on any atom is 0.330 e. The van der Waals surface area contributed by atoms with Gasteiger partial charge in [-0.25, -0.2) is 18.0 Å². The first-order chi connectivity index (χ1) is 16.6. The number of nitrogens with zero attached hydrogens (tertiary/aromatic N) is 1. The molecule has 14 heteroatoms. The van der Waals surface area contributed by atoms with Gasteiger partial charge in [-0.1, -0.05) is 33.9 Å². The lowest BCUT2D eigenvalue weighted by Crippen LogP contribution is -2.21. The Balaban J connectivity index is -0.000000204. The number of aliphatic hydroxyl groups excluding tert-OH is 1. The Morgan fingerprint density at radius 1 is 0.806 bits per heavy atom. The molecule has 0 heterocycles. The number of rotatable bonds is 15. The van der Waals surface area contributed by atoms with Gasteiger partial charge < -0.3 is 19.5 Å². The lowest BCUT2D eigenvalue weighted by Gasteiger charge is -2.13. The minimum atomic E-state index is -3.36. The Bertz CT molecular complexity index is 754. The van der Waals surface area contributed by atoms with Crippen molar-refractivity contribution < 1.29 is 45.2 Å². The monoisotopic (exact) mass is 581 g/mol. The van der Waals surface area contributed by atoms with Gasteiger partial charge in [0.05, 0.1) is 32.3 Å². The highest BCUT2D eigenvalue weighted by molar-refractivity contribution is 8.13. The van der Waals surface area contributed by atoms with E-state index in [9.17, 15) is 26.4 Å². The predicted octanol–water partition coefficient (Wildman–Crippen LogP) is 2.49. The van der Waals surface area contributed by atoms with Gasteiger partial charge in [0.15, 0.2) is 0 Å². The van der Waals surface area contributed by atoms with Crippen LogP contribution >= 0.6 is 10.7 Å². The van der Waals surface area contributed by atoms with Crippen molar-refractivity contribution in [2.75, 3.05) is 58.6 Å². The van der Waals surface area contributed by atoms with Crippen LogP contribution in [0.3, 0.4) is 0 Å². The van der Waals surface area contributed by atoms with Crippen molar-refractivity contribution in [3.05, 3.63) is 25.3 Å². The first-order valence-corrected chi connectivity index (χ1v) is 15.8. The number of carbonyl (C=O) groups is 2. The summed E-state index contributed by atoms with van der Waals surface area (Å²) in [5.41, 5.74) is 0. The summed E-state index contributed by atoms with van der Waals surface area (Å²) in [6.45, 7) is 17.5. The quantitative estimate of drug-likeness (QED) is 0.0997. The van der Waals surface area contributed by atoms with E-state index in [4.69, 9.17) is 5.11 Å². The fourth-order valence-electron chi connectivity index (χ4n) is 1.76. The third-order valence-corrected chi connectivity index (χ3v) is 4.15. The van der Waals surface area contributed by atoms with Gasteiger partial charge in [0.25, 0.3) is 10.1 Å². The van der Waals surface area contributed by atoms with Gasteiger partial charge in [0.2, 0.25) is 9.05 Å². The molecule has 0 spiro atoms. The van der Waals surface area contributed by atoms with E-state index >= 15 is 0 Å². The summed E-state index contributed by atoms with van der Waals surface area (Å²) in [5, 5.41) is 8.33. The second kappa shape index (κ2) is 28.1. The molecular weight excluding hydrogens is 538 g/mol. The van der Waals surface area contributed by atoms with Gasteiger partial charge in [0.1, 0.15) is 0 Å². The van der Waals surface area contributed by atoms with E-state index in [0.717, 1.165) is 24.7 Å².